The maximum Gasteiger partial charge on any atom is 0.321 e. The Morgan fingerprint density at radius 2 is 1.96 bits per heavy atom. The fourth-order valence-corrected chi connectivity index (χ4v) is 3.54. The van der Waals surface area contributed by atoms with Crippen LogP contribution in [0.2, 0.25) is 0 Å². The molecular formula is C20H24N6O. The average Bonchev–Trinajstić information content (AvgIpc) is 3.34. The lowest BCUT2D eigenvalue weighted by Crippen LogP contribution is -2.35. The predicted octanol–water partition coefficient (Wildman–Crippen LogP) is 3.40. The molecule has 0 aliphatic heterocycles. The molecule has 3 aromatic rings. The second-order valence-electron chi connectivity index (χ2n) is 7.11. The third kappa shape index (κ3) is 3.45. The number of benzene rings is 1. The summed E-state index contributed by atoms with van der Waals surface area (Å²) in [4.78, 5) is 17.2. The first kappa shape index (κ1) is 17.3. The Morgan fingerprint density at radius 3 is 2.59 bits per heavy atom. The first-order chi connectivity index (χ1) is 13.0. The topological polar surface area (TPSA) is 76.8 Å². The summed E-state index contributed by atoms with van der Waals surface area (Å²) in [5.41, 5.74) is 2.84. The normalized spacial score (nSPS) is 14.8. The van der Waals surface area contributed by atoms with Crippen LogP contribution in [-0.2, 0) is 14.1 Å². The molecule has 140 valence electrons. The highest BCUT2D eigenvalue weighted by Gasteiger charge is 2.36. The highest BCUT2D eigenvalue weighted by Crippen LogP contribution is 2.40. The van der Waals surface area contributed by atoms with Crippen LogP contribution in [0, 0.1) is 12.8 Å². The summed E-state index contributed by atoms with van der Waals surface area (Å²) in [6.07, 6.45) is 5.89. The van der Waals surface area contributed by atoms with Crippen molar-refractivity contribution in [2.45, 2.75) is 25.8 Å². The number of hydrogen-bond acceptors (Lipinski definition) is 3. The lowest BCUT2D eigenvalue weighted by atomic mass is 10.1. The maximum absolute atomic E-state index is 12.8. The quantitative estimate of drug-likeness (QED) is 0.728. The molecule has 1 aliphatic rings. The number of urea groups is 1. The second-order valence-corrected chi connectivity index (χ2v) is 7.11. The van der Waals surface area contributed by atoms with Gasteiger partial charge in [0.25, 0.3) is 0 Å². The van der Waals surface area contributed by atoms with E-state index in [1.807, 2.05) is 62.1 Å². The van der Waals surface area contributed by atoms with E-state index in [1.165, 1.54) is 0 Å². The Balaban J connectivity index is 1.57. The van der Waals surface area contributed by atoms with E-state index in [4.69, 9.17) is 0 Å². The summed E-state index contributed by atoms with van der Waals surface area (Å²) in [5, 5.41) is 10.6. The Labute approximate surface area is 158 Å². The third-order valence-electron chi connectivity index (χ3n) is 5.03. The molecule has 2 N–H and O–H groups in total. The van der Waals surface area contributed by atoms with Crippen LogP contribution >= 0.6 is 0 Å². The van der Waals surface area contributed by atoms with Crippen LogP contribution in [0.4, 0.5) is 10.6 Å². The summed E-state index contributed by atoms with van der Waals surface area (Å²) in [7, 11) is 3.79. The summed E-state index contributed by atoms with van der Waals surface area (Å²) in [6, 6.07) is 9.66. The van der Waals surface area contributed by atoms with E-state index in [1.54, 1.807) is 10.9 Å². The standard InChI is InChI=1S/C20H24N6O/c1-13-16(14-7-5-4-6-8-14)18(26(3)24-13)23-20(27)22-17(15-9-10-15)19-21-11-12-25(19)2/h4-8,11-12,15,17H,9-10H2,1-3H3,(H2,22,23,27)/t17-/m0/s1. The third-order valence-corrected chi connectivity index (χ3v) is 5.03. The van der Waals surface area contributed by atoms with Crippen LogP contribution in [0.3, 0.4) is 0 Å². The van der Waals surface area contributed by atoms with E-state index in [-0.39, 0.29) is 12.1 Å². The average molecular weight is 364 g/mol. The SMILES string of the molecule is Cc1nn(C)c(NC(=O)N[C@H](c2nccn2C)C2CC2)c1-c1ccccc1. The van der Waals surface area contributed by atoms with Crippen LogP contribution in [0.25, 0.3) is 11.1 Å². The number of aryl methyl sites for hydroxylation is 3. The predicted molar refractivity (Wildman–Crippen MR) is 104 cm³/mol. The molecule has 2 amide bonds. The van der Waals surface area contributed by atoms with Gasteiger partial charge in [-0.05, 0) is 31.2 Å². The van der Waals surface area contributed by atoms with Crippen molar-refractivity contribution in [3.05, 3.63) is 54.2 Å². The minimum absolute atomic E-state index is 0.0838. The molecule has 1 aliphatic carbocycles. The molecule has 27 heavy (non-hydrogen) atoms. The number of anilines is 1. The smallest absolute Gasteiger partial charge is 0.321 e. The van der Waals surface area contributed by atoms with Gasteiger partial charge in [0.15, 0.2) is 0 Å². The molecule has 4 rings (SSSR count). The number of aromatic nitrogens is 4. The molecule has 0 bridgehead atoms. The van der Waals surface area contributed by atoms with Gasteiger partial charge < -0.3 is 9.88 Å². The van der Waals surface area contributed by atoms with E-state index in [9.17, 15) is 4.79 Å². The molecular weight excluding hydrogens is 340 g/mol. The minimum atomic E-state index is -0.241. The molecule has 7 heteroatoms. The number of hydrogen-bond donors (Lipinski definition) is 2. The van der Waals surface area contributed by atoms with Crippen LogP contribution in [-0.4, -0.2) is 25.4 Å². The Hall–Kier alpha value is -3.09. The van der Waals surface area contributed by atoms with Crippen molar-refractivity contribution in [2.24, 2.45) is 20.0 Å². The van der Waals surface area contributed by atoms with Crippen LogP contribution in [0.15, 0.2) is 42.7 Å². The molecule has 1 saturated carbocycles. The summed E-state index contributed by atoms with van der Waals surface area (Å²) in [6.45, 7) is 1.95. The number of nitrogens with one attached hydrogen (secondary N) is 2. The van der Waals surface area contributed by atoms with Crippen molar-refractivity contribution in [1.82, 2.24) is 24.6 Å². The molecule has 2 heterocycles. The zero-order valence-corrected chi connectivity index (χ0v) is 15.8. The minimum Gasteiger partial charge on any atom is -0.336 e. The van der Waals surface area contributed by atoms with Gasteiger partial charge >= 0.3 is 6.03 Å². The summed E-state index contributed by atoms with van der Waals surface area (Å²) in [5.74, 6) is 2.02. The highest BCUT2D eigenvalue weighted by atomic mass is 16.2. The van der Waals surface area contributed by atoms with Crippen molar-refractivity contribution >= 4 is 11.8 Å². The van der Waals surface area contributed by atoms with Gasteiger partial charge in [0.2, 0.25) is 0 Å². The molecule has 0 saturated heterocycles. The Kier molecular flexibility index (Phi) is 4.43. The van der Waals surface area contributed by atoms with Gasteiger partial charge in [0.1, 0.15) is 11.6 Å². The van der Waals surface area contributed by atoms with E-state index >= 15 is 0 Å². The second kappa shape index (κ2) is 6.90. The largest absolute Gasteiger partial charge is 0.336 e. The zero-order valence-electron chi connectivity index (χ0n) is 15.8. The van der Waals surface area contributed by atoms with Crippen molar-refractivity contribution in [1.29, 1.82) is 0 Å². The van der Waals surface area contributed by atoms with Crippen LogP contribution < -0.4 is 10.6 Å². The number of rotatable bonds is 5. The van der Waals surface area contributed by atoms with Gasteiger partial charge in [-0.1, -0.05) is 30.3 Å². The van der Waals surface area contributed by atoms with Crippen LogP contribution in [0.1, 0.15) is 30.4 Å². The number of amides is 2. The van der Waals surface area contributed by atoms with Gasteiger partial charge in [-0.25, -0.2) is 9.78 Å². The van der Waals surface area contributed by atoms with Gasteiger partial charge in [0.05, 0.1) is 11.7 Å². The molecule has 0 unspecified atom stereocenters. The molecule has 0 spiro atoms. The number of carbonyl (C=O) groups excluding carboxylic acids is 1. The van der Waals surface area contributed by atoms with E-state index in [0.29, 0.717) is 11.7 Å². The van der Waals surface area contributed by atoms with Crippen LogP contribution in [0.5, 0.6) is 0 Å². The summed E-state index contributed by atoms with van der Waals surface area (Å²) >= 11 is 0. The first-order valence-corrected chi connectivity index (χ1v) is 9.18. The van der Waals surface area contributed by atoms with Gasteiger partial charge in [-0.3, -0.25) is 10.00 Å². The van der Waals surface area contributed by atoms with Gasteiger partial charge in [0, 0.05) is 32.1 Å². The van der Waals surface area contributed by atoms with Gasteiger partial charge in [-0.2, -0.15) is 5.10 Å². The monoisotopic (exact) mass is 364 g/mol. The zero-order chi connectivity index (χ0) is 19.0. The fourth-order valence-electron chi connectivity index (χ4n) is 3.54. The maximum atomic E-state index is 12.8. The number of carbonyl (C=O) groups is 1. The lowest BCUT2D eigenvalue weighted by molar-refractivity contribution is 0.246. The van der Waals surface area contributed by atoms with Crippen molar-refractivity contribution in [2.75, 3.05) is 5.32 Å². The van der Waals surface area contributed by atoms with E-state index < -0.39 is 0 Å². The molecule has 2 aromatic heterocycles. The molecule has 1 aromatic carbocycles. The molecule has 1 atom stereocenters. The number of nitrogens with zero attached hydrogens (tertiary/aromatic N) is 4. The van der Waals surface area contributed by atoms with E-state index in [2.05, 4.69) is 20.7 Å². The fraction of sp³-hybridized carbons (Fsp3) is 0.350. The molecule has 7 nitrogen and oxygen atoms in total. The molecule has 0 radical (unpaired) electrons. The lowest BCUT2D eigenvalue weighted by Gasteiger charge is -2.19. The highest BCUT2D eigenvalue weighted by molar-refractivity contribution is 5.94. The first-order valence-electron chi connectivity index (χ1n) is 9.18. The van der Waals surface area contributed by atoms with Crippen molar-refractivity contribution < 1.29 is 4.79 Å². The van der Waals surface area contributed by atoms with Crippen molar-refractivity contribution in [3.8, 4) is 11.1 Å². The van der Waals surface area contributed by atoms with Crippen molar-refractivity contribution in [3.63, 3.8) is 0 Å². The van der Waals surface area contributed by atoms with E-state index in [0.717, 1.165) is 35.5 Å². The Bertz CT molecular complexity index is 954. The Morgan fingerprint density at radius 1 is 1.22 bits per heavy atom. The van der Waals surface area contributed by atoms with Gasteiger partial charge in [-0.15, -0.1) is 0 Å². The number of imidazole rings is 1. The summed E-state index contributed by atoms with van der Waals surface area (Å²) < 4.78 is 3.68. The molecule has 1 fully saturated rings.